The molecular formula is C23H36N2O3. The molecule has 0 spiro atoms. The molecule has 1 amide bonds. The third-order valence-corrected chi connectivity index (χ3v) is 5.15. The number of carbonyl (C=O) groups is 2. The second-order valence-electron chi connectivity index (χ2n) is 8.64. The summed E-state index contributed by atoms with van der Waals surface area (Å²) in [5, 5.41) is 0. The van der Waals surface area contributed by atoms with Crippen molar-refractivity contribution < 1.29 is 14.3 Å². The summed E-state index contributed by atoms with van der Waals surface area (Å²) < 4.78 is 5.46. The Morgan fingerprint density at radius 2 is 1.71 bits per heavy atom. The molecular weight excluding hydrogens is 352 g/mol. The number of piperazine rings is 1. The highest BCUT2D eigenvalue weighted by molar-refractivity contribution is 5.68. The van der Waals surface area contributed by atoms with E-state index in [4.69, 9.17) is 4.74 Å². The van der Waals surface area contributed by atoms with E-state index in [-0.39, 0.29) is 12.0 Å². The van der Waals surface area contributed by atoms with Gasteiger partial charge in [0.15, 0.2) is 0 Å². The lowest BCUT2D eigenvalue weighted by Crippen LogP contribution is -2.50. The quantitative estimate of drug-likeness (QED) is 0.465. The largest absolute Gasteiger partial charge is 0.444 e. The number of anilines is 1. The third-order valence-electron chi connectivity index (χ3n) is 5.15. The van der Waals surface area contributed by atoms with Crippen LogP contribution in [0, 0.1) is 0 Å². The van der Waals surface area contributed by atoms with E-state index in [0.29, 0.717) is 13.1 Å². The van der Waals surface area contributed by atoms with Crippen molar-refractivity contribution in [1.82, 2.24) is 4.90 Å². The summed E-state index contributed by atoms with van der Waals surface area (Å²) in [6.45, 7) is 10.7. The summed E-state index contributed by atoms with van der Waals surface area (Å²) in [5.41, 5.74) is 1.78. The van der Waals surface area contributed by atoms with Gasteiger partial charge in [0.25, 0.3) is 0 Å². The Labute approximate surface area is 170 Å². The van der Waals surface area contributed by atoms with Crippen LogP contribution in [-0.2, 0) is 9.53 Å². The predicted molar refractivity (Wildman–Crippen MR) is 114 cm³/mol. The number of nitrogens with zero attached hydrogens (tertiary/aromatic N) is 2. The highest BCUT2D eigenvalue weighted by Gasteiger charge is 2.26. The molecule has 1 aromatic carbocycles. The van der Waals surface area contributed by atoms with Gasteiger partial charge in [-0.2, -0.15) is 0 Å². The molecule has 1 aliphatic rings. The summed E-state index contributed by atoms with van der Waals surface area (Å²) in [7, 11) is 0. The highest BCUT2D eigenvalue weighted by atomic mass is 16.6. The Bertz CT molecular complexity index is 614. The van der Waals surface area contributed by atoms with Gasteiger partial charge in [-0.1, -0.05) is 44.7 Å². The monoisotopic (exact) mass is 388 g/mol. The summed E-state index contributed by atoms with van der Waals surface area (Å²) in [5.74, 6) is -0.00470. The molecule has 1 aliphatic heterocycles. The summed E-state index contributed by atoms with van der Waals surface area (Å²) in [6, 6.07) is 8.35. The van der Waals surface area contributed by atoms with Crippen LogP contribution in [0.15, 0.2) is 24.3 Å². The zero-order chi connectivity index (χ0) is 20.6. The van der Waals surface area contributed by atoms with E-state index in [2.05, 4.69) is 36.1 Å². The lowest BCUT2D eigenvalue weighted by Gasteiger charge is -2.36. The third kappa shape index (κ3) is 6.84. The van der Waals surface area contributed by atoms with E-state index in [1.54, 1.807) is 4.90 Å². The fraction of sp³-hybridized carbons (Fsp3) is 0.652. The molecule has 1 heterocycles. The van der Waals surface area contributed by atoms with E-state index in [1.807, 2.05) is 20.8 Å². The second-order valence-corrected chi connectivity index (χ2v) is 8.64. The van der Waals surface area contributed by atoms with Crippen molar-refractivity contribution >= 4 is 18.1 Å². The van der Waals surface area contributed by atoms with Crippen LogP contribution in [0.5, 0.6) is 0 Å². The van der Waals surface area contributed by atoms with Gasteiger partial charge in [-0.05, 0) is 44.9 Å². The standard InChI is InChI=1S/C23H36N2O3/c1-5-6-7-8-9-20(18-26)19-10-12-21(13-11-19)24-14-16-25(17-15-24)22(27)28-23(2,3)4/h10-13,18,20H,5-9,14-17H2,1-4H3/t20-/m1/s1. The van der Waals surface area contributed by atoms with E-state index < -0.39 is 5.60 Å². The lowest BCUT2D eigenvalue weighted by molar-refractivity contribution is -0.109. The Kier molecular flexibility index (Phi) is 8.34. The first kappa shape index (κ1) is 22.3. The van der Waals surface area contributed by atoms with Crippen LogP contribution in [0.25, 0.3) is 0 Å². The minimum Gasteiger partial charge on any atom is -0.444 e. The first-order chi connectivity index (χ1) is 13.3. The number of benzene rings is 1. The van der Waals surface area contributed by atoms with Crippen molar-refractivity contribution in [2.45, 2.75) is 71.3 Å². The van der Waals surface area contributed by atoms with E-state index in [9.17, 15) is 9.59 Å². The number of aldehydes is 1. The van der Waals surface area contributed by atoms with Crippen molar-refractivity contribution in [2.75, 3.05) is 31.1 Å². The van der Waals surface area contributed by atoms with Crippen LogP contribution in [-0.4, -0.2) is 49.1 Å². The van der Waals surface area contributed by atoms with E-state index >= 15 is 0 Å². The topological polar surface area (TPSA) is 49.9 Å². The van der Waals surface area contributed by atoms with Gasteiger partial charge in [0.2, 0.25) is 0 Å². The second kappa shape index (κ2) is 10.5. The maximum absolute atomic E-state index is 12.2. The maximum atomic E-state index is 12.2. The molecule has 28 heavy (non-hydrogen) atoms. The van der Waals surface area contributed by atoms with Crippen molar-refractivity contribution in [3.63, 3.8) is 0 Å². The van der Waals surface area contributed by atoms with Crippen molar-refractivity contribution in [3.05, 3.63) is 29.8 Å². The Hall–Kier alpha value is -2.04. The maximum Gasteiger partial charge on any atom is 0.410 e. The van der Waals surface area contributed by atoms with E-state index in [0.717, 1.165) is 43.5 Å². The van der Waals surface area contributed by atoms with Gasteiger partial charge in [-0.25, -0.2) is 4.79 Å². The van der Waals surface area contributed by atoms with Crippen molar-refractivity contribution in [1.29, 1.82) is 0 Å². The fourth-order valence-corrected chi connectivity index (χ4v) is 3.51. The molecule has 0 unspecified atom stereocenters. The molecule has 0 bridgehead atoms. The molecule has 0 N–H and O–H groups in total. The molecule has 1 saturated heterocycles. The molecule has 0 saturated carbocycles. The normalized spacial score (nSPS) is 16.0. The van der Waals surface area contributed by atoms with Crippen molar-refractivity contribution in [3.8, 4) is 0 Å². The fourth-order valence-electron chi connectivity index (χ4n) is 3.51. The smallest absolute Gasteiger partial charge is 0.410 e. The zero-order valence-electron chi connectivity index (χ0n) is 17.9. The summed E-state index contributed by atoms with van der Waals surface area (Å²) in [6.07, 6.45) is 6.52. The predicted octanol–water partition coefficient (Wildman–Crippen LogP) is 5.00. The Balaban J connectivity index is 1.87. The Morgan fingerprint density at radius 1 is 1.07 bits per heavy atom. The van der Waals surface area contributed by atoms with Crippen LogP contribution in [0.3, 0.4) is 0 Å². The van der Waals surface area contributed by atoms with Crippen LogP contribution >= 0.6 is 0 Å². The summed E-state index contributed by atoms with van der Waals surface area (Å²) >= 11 is 0. The molecule has 1 aromatic rings. The average molecular weight is 389 g/mol. The number of hydrogen-bond acceptors (Lipinski definition) is 4. The number of carbonyl (C=O) groups excluding carboxylic acids is 2. The molecule has 0 aliphatic carbocycles. The number of rotatable bonds is 8. The van der Waals surface area contributed by atoms with Crippen LogP contribution in [0.1, 0.15) is 71.3 Å². The van der Waals surface area contributed by atoms with Gasteiger partial charge in [-0.3, -0.25) is 0 Å². The van der Waals surface area contributed by atoms with Gasteiger partial charge >= 0.3 is 6.09 Å². The molecule has 1 atom stereocenters. The molecule has 2 rings (SSSR count). The molecule has 5 heteroatoms. The van der Waals surface area contributed by atoms with E-state index in [1.165, 1.54) is 19.3 Å². The van der Waals surface area contributed by atoms with Gasteiger partial charge in [0, 0.05) is 37.8 Å². The molecule has 0 aromatic heterocycles. The van der Waals surface area contributed by atoms with Crippen molar-refractivity contribution in [2.24, 2.45) is 0 Å². The molecule has 156 valence electrons. The van der Waals surface area contributed by atoms with Gasteiger partial charge in [-0.15, -0.1) is 0 Å². The summed E-state index contributed by atoms with van der Waals surface area (Å²) in [4.78, 5) is 27.7. The van der Waals surface area contributed by atoms with Gasteiger partial charge < -0.3 is 19.3 Å². The van der Waals surface area contributed by atoms with Crippen LogP contribution < -0.4 is 4.90 Å². The van der Waals surface area contributed by atoms with Crippen LogP contribution in [0.2, 0.25) is 0 Å². The molecule has 1 fully saturated rings. The van der Waals surface area contributed by atoms with Gasteiger partial charge in [0.1, 0.15) is 11.9 Å². The number of unbranched alkanes of at least 4 members (excludes halogenated alkanes) is 3. The zero-order valence-corrected chi connectivity index (χ0v) is 17.9. The Morgan fingerprint density at radius 3 is 2.25 bits per heavy atom. The number of hydrogen-bond donors (Lipinski definition) is 0. The lowest BCUT2D eigenvalue weighted by atomic mass is 9.94. The van der Waals surface area contributed by atoms with Gasteiger partial charge in [0.05, 0.1) is 0 Å². The molecule has 0 radical (unpaired) electrons. The van der Waals surface area contributed by atoms with Crippen LogP contribution in [0.4, 0.5) is 10.5 Å². The first-order valence-corrected chi connectivity index (χ1v) is 10.6. The highest BCUT2D eigenvalue weighted by Crippen LogP contribution is 2.25. The first-order valence-electron chi connectivity index (χ1n) is 10.6. The average Bonchev–Trinajstić information content (AvgIpc) is 2.67. The minimum absolute atomic E-state index is 0.00470. The number of amides is 1. The minimum atomic E-state index is -0.463. The SMILES string of the molecule is CCCCCC[C@H](C=O)c1ccc(N2CCN(C(=O)OC(C)(C)C)CC2)cc1. The molecule has 5 nitrogen and oxygen atoms in total. The number of ether oxygens (including phenoxy) is 1.